The van der Waals surface area contributed by atoms with Gasteiger partial charge in [-0.1, -0.05) is 17.4 Å². The molecule has 10 heteroatoms. The number of carbonyl (C=O) groups is 1. The minimum absolute atomic E-state index is 0.0152. The van der Waals surface area contributed by atoms with E-state index in [9.17, 15) is 13.6 Å². The molecule has 0 unspecified atom stereocenters. The maximum Gasteiger partial charge on any atom is 0.278 e. The number of halogens is 2. The number of hydrogen-bond donors (Lipinski definition) is 1. The molecule has 1 fully saturated rings. The van der Waals surface area contributed by atoms with Gasteiger partial charge < -0.3 is 15.0 Å². The zero-order valence-corrected chi connectivity index (χ0v) is 22.3. The Bertz CT molecular complexity index is 1200. The molecule has 3 aromatic rings. The van der Waals surface area contributed by atoms with E-state index in [0.717, 1.165) is 93.0 Å². The Kier molecular flexibility index (Phi) is 7.76. The number of nitrogens with zero attached hydrogens (tertiary/aromatic N) is 4. The van der Waals surface area contributed by atoms with Crippen LogP contribution in [0.15, 0.2) is 24.4 Å². The van der Waals surface area contributed by atoms with E-state index in [1.54, 1.807) is 4.68 Å². The van der Waals surface area contributed by atoms with Crippen LogP contribution in [0.3, 0.4) is 0 Å². The number of alkyl halides is 2. The quantitative estimate of drug-likeness (QED) is 0.450. The first-order valence-electron chi connectivity index (χ1n) is 13.2. The topological polar surface area (TPSA) is 72.3 Å². The lowest BCUT2D eigenvalue weighted by atomic mass is 9.84. The molecule has 5 rings (SSSR count). The highest BCUT2D eigenvalue weighted by Gasteiger charge is 2.26. The molecule has 37 heavy (non-hydrogen) atoms. The molecular formula is C27H35F2N5O2S. The summed E-state index contributed by atoms with van der Waals surface area (Å²) in [5.41, 5.74) is 2.51. The third kappa shape index (κ3) is 6.84. The summed E-state index contributed by atoms with van der Waals surface area (Å²) >= 11 is 1.41. The molecule has 7 nitrogen and oxygen atoms in total. The summed E-state index contributed by atoms with van der Waals surface area (Å²) in [5, 5.41) is 9.03. The van der Waals surface area contributed by atoms with Gasteiger partial charge in [-0.3, -0.25) is 9.48 Å². The lowest BCUT2D eigenvalue weighted by Crippen LogP contribution is -2.38. The molecule has 1 saturated carbocycles. The number of carbonyl (C=O) groups excluding carboxylic acids is 1. The van der Waals surface area contributed by atoms with Crippen molar-refractivity contribution in [3.8, 4) is 5.19 Å². The van der Waals surface area contributed by atoms with Crippen LogP contribution in [-0.4, -0.2) is 63.8 Å². The summed E-state index contributed by atoms with van der Waals surface area (Å²) in [4.78, 5) is 20.9. The zero-order chi connectivity index (χ0) is 26.0. The Morgan fingerprint density at radius 3 is 2.78 bits per heavy atom. The first kappa shape index (κ1) is 26.0. The van der Waals surface area contributed by atoms with Crippen LogP contribution in [0.1, 0.15) is 60.0 Å². The average Bonchev–Trinajstić information content (AvgIpc) is 3.38. The van der Waals surface area contributed by atoms with Crippen molar-refractivity contribution in [2.45, 2.75) is 63.8 Å². The Balaban J connectivity index is 1.03. The SMILES string of the molecule is Cn1cc2ccc(C(=O)N[C@H]3CC[C@H](CCN4CCc5nc(OCC(C)(F)F)sc5CC4)CC3)cc2n1. The first-order valence-corrected chi connectivity index (χ1v) is 14.0. The van der Waals surface area contributed by atoms with E-state index in [2.05, 4.69) is 20.3 Å². The van der Waals surface area contributed by atoms with E-state index in [1.165, 1.54) is 11.3 Å². The normalized spacial score (nSPS) is 21.0. The van der Waals surface area contributed by atoms with Crippen molar-refractivity contribution in [1.82, 2.24) is 25.0 Å². The van der Waals surface area contributed by atoms with E-state index in [1.807, 2.05) is 31.4 Å². The largest absolute Gasteiger partial charge is 0.464 e. The Labute approximate surface area is 220 Å². The van der Waals surface area contributed by atoms with Gasteiger partial charge in [0.2, 0.25) is 0 Å². The average molecular weight is 532 g/mol. The van der Waals surface area contributed by atoms with Crippen molar-refractivity contribution in [2.24, 2.45) is 13.0 Å². The van der Waals surface area contributed by atoms with Gasteiger partial charge in [-0.2, -0.15) is 5.10 Å². The highest BCUT2D eigenvalue weighted by molar-refractivity contribution is 7.13. The lowest BCUT2D eigenvalue weighted by Gasteiger charge is -2.30. The number of aromatic nitrogens is 3. The summed E-state index contributed by atoms with van der Waals surface area (Å²) in [5.74, 6) is -2.18. The van der Waals surface area contributed by atoms with Crippen molar-refractivity contribution in [3.05, 3.63) is 40.5 Å². The van der Waals surface area contributed by atoms with Crippen molar-refractivity contribution >= 4 is 28.1 Å². The molecule has 0 bridgehead atoms. The molecule has 1 aliphatic carbocycles. The van der Waals surface area contributed by atoms with E-state index in [0.29, 0.717) is 16.7 Å². The summed E-state index contributed by atoms with van der Waals surface area (Å²) in [7, 11) is 1.88. The third-order valence-corrected chi connectivity index (χ3v) is 8.52. The number of ether oxygens (including phenoxy) is 1. The fourth-order valence-corrected chi connectivity index (χ4v) is 6.31. The molecule has 2 aliphatic rings. The van der Waals surface area contributed by atoms with Gasteiger partial charge in [-0.05, 0) is 63.1 Å². The maximum atomic E-state index is 13.1. The molecule has 0 saturated heterocycles. The number of hydrogen-bond acceptors (Lipinski definition) is 6. The molecule has 0 spiro atoms. The fourth-order valence-electron chi connectivity index (χ4n) is 5.37. The molecule has 0 radical (unpaired) electrons. The lowest BCUT2D eigenvalue weighted by molar-refractivity contribution is -0.0230. The van der Waals surface area contributed by atoms with Crippen molar-refractivity contribution < 1.29 is 18.3 Å². The van der Waals surface area contributed by atoms with Gasteiger partial charge in [0.25, 0.3) is 17.0 Å². The number of benzene rings is 1. The van der Waals surface area contributed by atoms with Crippen LogP contribution < -0.4 is 10.1 Å². The van der Waals surface area contributed by atoms with E-state index in [4.69, 9.17) is 4.74 Å². The number of nitrogens with one attached hydrogen (secondary N) is 1. The van der Waals surface area contributed by atoms with Gasteiger partial charge in [0, 0.05) is 61.5 Å². The Morgan fingerprint density at radius 2 is 2.00 bits per heavy atom. The second kappa shape index (κ2) is 11.0. The monoisotopic (exact) mass is 531 g/mol. The molecule has 1 aromatic carbocycles. The molecule has 200 valence electrons. The van der Waals surface area contributed by atoms with Crippen LogP contribution >= 0.6 is 11.3 Å². The number of thiazole rings is 1. The predicted octanol–water partition coefficient (Wildman–Crippen LogP) is 4.84. The predicted molar refractivity (Wildman–Crippen MR) is 141 cm³/mol. The highest BCUT2D eigenvalue weighted by Crippen LogP contribution is 2.31. The van der Waals surface area contributed by atoms with E-state index in [-0.39, 0.29) is 11.9 Å². The van der Waals surface area contributed by atoms with Crippen LogP contribution in [0, 0.1) is 5.92 Å². The molecule has 1 aliphatic heterocycles. The van der Waals surface area contributed by atoms with Gasteiger partial charge in [-0.15, -0.1) is 0 Å². The second-order valence-electron chi connectivity index (χ2n) is 10.6. The van der Waals surface area contributed by atoms with Gasteiger partial charge in [-0.25, -0.2) is 13.8 Å². The first-order chi connectivity index (χ1) is 17.7. The van der Waals surface area contributed by atoms with Crippen molar-refractivity contribution in [1.29, 1.82) is 0 Å². The molecule has 1 N–H and O–H groups in total. The van der Waals surface area contributed by atoms with Crippen LogP contribution in [0.25, 0.3) is 10.9 Å². The van der Waals surface area contributed by atoms with E-state index >= 15 is 0 Å². The summed E-state index contributed by atoms with van der Waals surface area (Å²) in [6.07, 6.45) is 9.14. The van der Waals surface area contributed by atoms with Crippen LogP contribution in [0.2, 0.25) is 0 Å². The maximum absolute atomic E-state index is 13.1. The molecule has 2 aromatic heterocycles. The van der Waals surface area contributed by atoms with Crippen LogP contribution in [0.4, 0.5) is 8.78 Å². The van der Waals surface area contributed by atoms with Crippen molar-refractivity contribution in [2.75, 3.05) is 26.2 Å². The third-order valence-electron chi connectivity index (χ3n) is 7.45. The summed E-state index contributed by atoms with van der Waals surface area (Å²) in [6.45, 7) is 3.19. The molecule has 1 amide bonds. The zero-order valence-electron chi connectivity index (χ0n) is 21.5. The standard InChI is InChI=1S/C27H35F2N5O2S/c1-27(28,29)17-36-26-31-22-10-13-34(14-11-24(22)37-26)12-9-18-3-7-21(8-4-18)30-25(35)19-5-6-20-16-33(2)32-23(20)15-19/h5-6,15-16,18,21H,3-4,7-14,17H2,1-2H3,(H,30,35)/t18-,21-. The number of rotatable bonds is 8. The smallest absolute Gasteiger partial charge is 0.278 e. The Morgan fingerprint density at radius 1 is 1.22 bits per heavy atom. The van der Waals surface area contributed by atoms with Gasteiger partial charge in [0.1, 0.15) is 0 Å². The van der Waals surface area contributed by atoms with Crippen LogP contribution in [0.5, 0.6) is 5.19 Å². The molecular weight excluding hydrogens is 496 g/mol. The second-order valence-corrected chi connectivity index (χ2v) is 11.7. The highest BCUT2D eigenvalue weighted by atomic mass is 32.1. The molecule has 3 heterocycles. The van der Waals surface area contributed by atoms with Gasteiger partial charge >= 0.3 is 0 Å². The van der Waals surface area contributed by atoms with Gasteiger partial charge in [0.15, 0.2) is 6.61 Å². The molecule has 0 atom stereocenters. The van der Waals surface area contributed by atoms with Crippen molar-refractivity contribution in [3.63, 3.8) is 0 Å². The number of aryl methyl sites for hydroxylation is 1. The number of amides is 1. The fraction of sp³-hybridized carbons (Fsp3) is 0.593. The van der Waals surface area contributed by atoms with Crippen LogP contribution in [-0.2, 0) is 19.9 Å². The Hall–Kier alpha value is -2.59. The summed E-state index contributed by atoms with van der Waals surface area (Å²) < 4.78 is 33.1. The summed E-state index contributed by atoms with van der Waals surface area (Å²) in [6, 6.07) is 5.92. The van der Waals surface area contributed by atoms with Gasteiger partial charge in [0.05, 0.1) is 11.2 Å². The minimum atomic E-state index is -2.85. The number of fused-ring (bicyclic) bond motifs is 2. The minimum Gasteiger partial charge on any atom is -0.464 e. The van der Waals surface area contributed by atoms with E-state index < -0.39 is 12.5 Å².